The number of benzene rings is 1. The molecule has 2 aliphatic heterocycles. The highest BCUT2D eigenvalue weighted by Gasteiger charge is 2.35. The van der Waals surface area contributed by atoms with Crippen molar-refractivity contribution in [2.45, 2.75) is 23.8 Å². The van der Waals surface area contributed by atoms with E-state index in [1.165, 1.54) is 23.9 Å². The number of likely N-dealkylation sites (tertiary alicyclic amines) is 1. The first-order valence-electron chi connectivity index (χ1n) is 8.46. The average Bonchev–Trinajstić information content (AvgIpc) is 2.62. The molecule has 4 rings (SSSR count). The van der Waals surface area contributed by atoms with Gasteiger partial charge in [0.1, 0.15) is 5.82 Å². The summed E-state index contributed by atoms with van der Waals surface area (Å²) in [6.07, 6.45) is 1.04. The summed E-state index contributed by atoms with van der Waals surface area (Å²) >= 11 is 1.43. The van der Waals surface area contributed by atoms with E-state index in [4.69, 9.17) is 0 Å². The number of amides is 1. The van der Waals surface area contributed by atoms with E-state index in [2.05, 4.69) is 0 Å². The Balaban J connectivity index is 1.44. The number of aromatic nitrogens is 1. The first kappa shape index (κ1) is 16.4. The van der Waals surface area contributed by atoms with Gasteiger partial charge in [-0.2, -0.15) is 0 Å². The fourth-order valence-corrected chi connectivity index (χ4v) is 4.67. The van der Waals surface area contributed by atoms with E-state index in [1.54, 1.807) is 24.3 Å². The number of hydrogen-bond donors (Lipinski definition) is 0. The summed E-state index contributed by atoms with van der Waals surface area (Å²) in [7, 11) is 0. The van der Waals surface area contributed by atoms with Crippen LogP contribution < -0.4 is 5.56 Å². The fraction of sp³-hybridized carbons (Fsp3) is 0.368. The molecule has 130 valence electrons. The first-order valence-corrected chi connectivity index (χ1v) is 9.44. The number of halogens is 1. The molecule has 1 saturated heterocycles. The standard InChI is InChI=1S/C19H19FN2O2S/c20-15-4-6-16(7-5-15)25-12-19(24)21-9-13-8-14(11-21)17-2-1-3-18(23)22(17)10-13/h1-7,13-14H,8-12H2/t13-,14-/m1/s1. The molecule has 2 atom stereocenters. The predicted molar refractivity (Wildman–Crippen MR) is 95.3 cm³/mol. The Labute approximate surface area is 149 Å². The van der Waals surface area contributed by atoms with Gasteiger partial charge in [-0.25, -0.2) is 4.39 Å². The monoisotopic (exact) mass is 358 g/mol. The van der Waals surface area contributed by atoms with Crippen molar-refractivity contribution < 1.29 is 9.18 Å². The van der Waals surface area contributed by atoms with Crippen LogP contribution in [0.2, 0.25) is 0 Å². The van der Waals surface area contributed by atoms with E-state index in [9.17, 15) is 14.0 Å². The molecule has 1 aromatic carbocycles. The molecule has 0 spiro atoms. The van der Waals surface area contributed by atoms with Crippen molar-refractivity contribution in [3.05, 3.63) is 64.3 Å². The van der Waals surface area contributed by atoms with E-state index in [1.807, 2.05) is 15.5 Å². The zero-order chi connectivity index (χ0) is 17.4. The number of nitrogens with zero attached hydrogens (tertiary/aromatic N) is 2. The van der Waals surface area contributed by atoms with Crippen LogP contribution in [0, 0.1) is 11.7 Å². The SMILES string of the molecule is O=C(CSc1ccc(F)cc1)N1C[C@H]2C[C@H](C1)c1cccc(=O)n1C2. The van der Waals surface area contributed by atoms with Crippen molar-refractivity contribution in [2.75, 3.05) is 18.8 Å². The van der Waals surface area contributed by atoms with Crippen molar-refractivity contribution >= 4 is 17.7 Å². The minimum Gasteiger partial charge on any atom is -0.341 e. The largest absolute Gasteiger partial charge is 0.341 e. The van der Waals surface area contributed by atoms with Crippen LogP contribution in [0.5, 0.6) is 0 Å². The first-order chi connectivity index (χ1) is 12.1. The zero-order valence-corrected chi connectivity index (χ0v) is 14.5. The number of carbonyl (C=O) groups is 1. The normalized spacial score (nSPS) is 21.7. The number of pyridine rings is 1. The Morgan fingerprint density at radius 1 is 1.12 bits per heavy atom. The van der Waals surface area contributed by atoms with Crippen LogP contribution in [0.4, 0.5) is 4.39 Å². The Hall–Kier alpha value is -2.08. The quantitative estimate of drug-likeness (QED) is 0.793. The summed E-state index contributed by atoms with van der Waals surface area (Å²) < 4.78 is 14.8. The Bertz CT molecular complexity index is 849. The Morgan fingerprint density at radius 3 is 2.72 bits per heavy atom. The van der Waals surface area contributed by atoms with Gasteiger partial charge in [-0.15, -0.1) is 11.8 Å². The van der Waals surface area contributed by atoms with E-state index in [0.29, 0.717) is 31.3 Å². The van der Waals surface area contributed by atoms with Gasteiger partial charge in [0.2, 0.25) is 5.91 Å². The molecule has 0 unspecified atom stereocenters. The number of hydrogen-bond acceptors (Lipinski definition) is 3. The second-order valence-corrected chi connectivity index (χ2v) is 7.79. The van der Waals surface area contributed by atoms with Gasteiger partial charge in [0.25, 0.3) is 5.56 Å². The van der Waals surface area contributed by atoms with Crippen molar-refractivity contribution in [1.82, 2.24) is 9.47 Å². The molecule has 0 radical (unpaired) electrons. The molecule has 1 aromatic heterocycles. The topological polar surface area (TPSA) is 42.3 Å². The van der Waals surface area contributed by atoms with Crippen LogP contribution in [0.3, 0.4) is 0 Å². The molecule has 2 aliphatic rings. The molecule has 1 fully saturated rings. The molecule has 6 heteroatoms. The van der Waals surface area contributed by atoms with Crippen LogP contribution >= 0.6 is 11.8 Å². The van der Waals surface area contributed by atoms with Crippen LogP contribution in [0.1, 0.15) is 18.0 Å². The maximum Gasteiger partial charge on any atom is 0.250 e. The summed E-state index contributed by atoms with van der Waals surface area (Å²) in [4.78, 5) is 27.5. The van der Waals surface area contributed by atoms with Crippen molar-refractivity contribution in [3.8, 4) is 0 Å². The summed E-state index contributed by atoms with van der Waals surface area (Å²) in [5.41, 5.74) is 1.10. The molecular formula is C19H19FN2O2S. The molecule has 0 aliphatic carbocycles. The number of fused-ring (bicyclic) bond motifs is 4. The minimum absolute atomic E-state index is 0.0545. The van der Waals surface area contributed by atoms with E-state index >= 15 is 0 Å². The van der Waals surface area contributed by atoms with Gasteiger partial charge in [-0.1, -0.05) is 6.07 Å². The maximum absolute atomic E-state index is 12.9. The fourth-order valence-electron chi connectivity index (χ4n) is 3.87. The number of piperidine rings is 1. The molecule has 1 amide bonds. The van der Waals surface area contributed by atoms with Crippen molar-refractivity contribution in [2.24, 2.45) is 5.92 Å². The van der Waals surface area contributed by atoms with Crippen LogP contribution in [-0.4, -0.2) is 34.2 Å². The van der Waals surface area contributed by atoms with Crippen molar-refractivity contribution in [3.63, 3.8) is 0 Å². The third-order valence-electron chi connectivity index (χ3n) is 5.01. The minimum atomic E-state index is -0.270. The van der Waals surface area contributed by atoms with E-state index < -0.39 is 0 Å². The molecule has 4 nitrogen and oxygen atoms in total. The van der Waals surface area contributed by atoms with Gasteiger partial charge >= 0.3 is 0 Å². The smallest absolute Gasteiger partial charge is 0.250 e. The number of rotatable bonds is 3. The van der Waals surface area contributed by atoms with Gasteiger partial charge in [0.05, 0.1) is 5.75 Å². The lowest BCUT2D eigenvalue weighted by Crippen LogP contribution is -2.49. The highest BCUT2D eigenvalue weighted by Crippen LogP contribution is 2.35. The summed E-state index contributed by atoms with van der Waals surface area (Å²) in [6, 6.07) is 11.6. The molecular weight excluding hydrogens is 339 g/mol. The number of carbonyl (C=O) groups excluding carboxylic acids is 1. The summed E-state index contributed by atoms with van der Waals surface area (Å²) in [5.74, 6) is 0.767. The Kier molecular flexibility index (Phi) is 4.37. The zero-order valence-electron chi connectivity index (χ0n) is 13.7. The lowest BCUT2D eigenvalue weighted by molar-refractivity contribution is -0.131. The maximum atomic E-state index is 12.9. The molecule has 2 bridgehead atoms. The Morgan fingerprint density at radius 2 is 1.92 bits per heavy atom. The second kappa shape index (κ2) is 6.67. The molecule has 2 aromatic rings. The molecule has 25 heavy (non-hydrogen) atoms. The van der Waals surface area contributed by atoms with Crippen LogP contribution in [-0.2, 0) is 11.3 Å². The van der Waals surface area contributed by atoms with Crippen molar-refractivity contribution in [1.29, 1.82) is 0 Å². The molecule has 0 N–H and O–H groups in total. The second-order valence-electron chi connectivity index (χ2n) is 6.74. The predicted octanol–water partition coefficient (Wildman–Crippen LogP) is 2.73. The van der Waals surface area contributed by atoms with E-state index in [0.717, 1.165) is 17.0 Å². The van der Waals surface area contributed by atoms with E-state index in [-0.39, 0.29) is 23.2 Å². The molecule has 0 saturated carbocycles. The van der Waals surface area contributed by atoms with Gasteiger partial charge in [0.15, 0.2) is 0 Å². The van der Waals surface area contributed by atoms with Crippen LogP contribution in [0.25, 0.3) is 0 Å². The third-order valence-corrected chi connectivity index (χ3v) is 6.01. The lowest BCUT2D eigenvalue weighted by atomic mass is 9.83. The number of thioether (sulfide) groups is 1. The van der Waals surface area contributed by atoms with Gasteiger partial charge < -0.3 is 9.47 Å². The lowest BCUT2D eigenvalue weighted by Gasteiger charge is -2.42. The highest BCUT2D eigenvalue weighted by molar-refractivity contribution is 8.00. The van der Waals surface area contributed by atoms with Gasteiger partial charge in [0, 0.05) is 42.2 Å². The van der Waals surface area contributed by atoms with Gasteiger partial charge in [-0.05, 0) is 42.7 Å². The third kappa shape index (κ3) is 3.35. The van der Waals surface area contributed by atoms with Crippen LogP contribution in [0.15, 0.2) is 52.2 Å². The summed E-state index contributed by atoms with van der Waals surface area (Å²) in [6.45, 7) is 2.07. The summed E-state index contributed by atoms with van der Waals surface area (Å²) in [5, 5.41) is 0. The molecule has 3 heterocycles. The highest BCUT2D eigenvalue weighted by atomic mass is 32.2. The average molecular weight is 358 g/mol. The van der Waals surface area contributed by atoms with Gasteiger partial charge in [-0.3, -0.25) is 9.59 Å².